The van der Waals surface area contributed by atoms with Crippen LogP contribution in [0.25, 0.3) is 9.81 Å². The van der Waals surface area contributed by atoms with Crippen molar-refractivity contribution in [3.8, 4) is 5.75 Å². The molecule has 0 atom stereocenters. The van der Waals surface area contributed by atoms with Gasteiger partial charge in [-0.05, 0) is 34.9 Å². The lowest BCUT2D eigenvalue weighted by Crippen LogP contribution is -2.19. The number of ether oxygens (including phenoxy) is 1. The van der Waals surface area contributed by atoms with Crippen molar-refractivity contribution in [1.29, 1.82) is 0 Å². The summed E-state index contributed by atoms with van der Waals surface area (Å²) in [6.45, 7) is 16.0. The summed E-state index contributed by atoms with van der Waals surface area (Å²) in [6, 6.07) is 14.6. The lowest BCUT2D eigenvalue weighted by Gasteiger charge is -2.29. The smallest absolute Gasteiger partial charge is 0.131 e. The molecule has 0 aliphatic heterocycles. The largest absolute Gasteiger partial charge is 0.493 e. The molecule has 0 radical (unpaired) electrons. The predicted octanol–water partition coefficient (Wildman–Crippen LogP) is 7.37. The third-order valence-corrected chi connectivity index (χ3v) is 5.70. The van der Waals surface area contributed by atoms with Gasteiger partial charge < -0.3 is 4.74 Å². The molecule has 0 bridgehead atoms. The Morgan fingerprint density at radius 3 is 1.93 bits per heavy atom. The molecule has 1 nitrogen and oxygen atoms in total. The maximum atomic E-state index is 6.15. The first-order valence-electron chi connectivity index (χ1n) is 9.46. The monoisotopic (exact) mass is 400 g/mol. The van der Waals surface area contributed by atoms with Gasteiger partial charge in [-0.15, -0.1) is 25.3 Å². The van der Waals surface area contributed by atoms with Gasteiger partial charge in [-0.25, -0.2) is 0 Å². The number of thiol groups is 2. The van der Waals surface area contributed by atoms with Crippen LogP contribution in [-0.4, -0.2) is 6.61 Å². The fourth-order valence-corrected chi connectivity index (χ4v) is 3.52. The summed E-state index contributed by atoms with van der Waals surface area (Å²) in [6.07, 6.45) is 0. The normalized spacial score (nSPS) is 13.4. The summed E-state index contributed by atoms with van der Waals surface area (Å²) in [5.74, 6) is 0.908. The molecule has 0 spiro atoms. The standard InChI is InChI=1S/C24H32OS2/c1-8-25-20-18(22(27)21(26)16-12-10-9-11-13-16)14-17(23(2,3)4)15-19(20)24(5,6)7/h9-15,26-27H,8H2,1-7H3/b22-21-. The van der Waals surface area contributed by atoms with E-state index < -0.39 is 0 Å². The zero-order valence-electron chi connectivity index (χ0n) is 17.6. The van der Waals surface area contributed by atoms with Crippen LogP contribution in [-0.2, 0) is 10.8 Å². The van der Waals surface area contributed by atoms with Gasteiger partial charge in [0.15, 0.2) is 0 Å². The quantitative estimate of drug-likeness (QED) is 0.402. The SMILES string of the molecule is CCOc1c(/C(S)=C(/S)c2ccccc2)cc(C(C)(C)C)cc1C(C)(C)C. The highest BCUT2D eigenvalue weighted by Crippen LogP contribution is 2.44. The molecule has 27 heavy (non-hydrogen) atoms. The van der Waals surface area contributed by atoms with Crippen molar-refractivity contribution < 1.29 is 4.74 Å². The van der Waals surface area contributed by atoms with Crippen molar-refractivity contribution >= 4 is 35.1 Å². The van der Waals surface area contributed by atoms with Gasteiger partial charge >= 0.3 is 0 Å². The summed E-state index contributed by atoms with van der Waals surface area (Å²) >= 11 is 9.70. The van der Waals surface area contributed by atoms with E-state index in [0.717, 1.165) is 26.7 Å². The Morgan fingerprint density at radius 1 is 0.852 bits per heavy atom. The first-order valence-corrected chi connectivity index (χ1v) is 10.4. The fraction of sp³-hybridized carbons (Fsp3) is 0.417. The van der Waals surface area contributed by atoms with Crippen molar-refractivity contribution in [2.24, 2.45) is 0 Å². The summed E-state index contributed by atoms with van der Waals surface area (Å²) in [7, 11) is 0. The minimum atomic E-state index is -0.0436. The molecule has 0 heterocycles. The van der Waals surface area contributed by atoms with Crippen LogP contribution < -0.4 is 4.74 Å². The van der Waals surface area contributed by atoms with E-state index in [1.165, 1.54) is 11.1 Å². The number of rotatable bonds is 4. The molecule has 0 amide bonds. The molecule has 0 saturated carbocycles. The molecular formula is C24H32OS2. The third-order valence-electron chi connectivity index (χ3n) is 4.58. The second-order valence-electron chi connectivity index (χ2n) is 8.90. The van der Waals surface area contributed by atoms with Crippen LogP contribution in [0.5, 0.6) is 5.75 Å². The van der Waals surface area contributed by atoms with E-state index >= 15 is 0 Å². The van der Waals surface area contributed by atoms with Crippen molar-refractivity contribution in [3.63, 3.8) is 0 Å². The average Bonchev–Trinajstić information content (AvgIpc) is 2.59. The molecule has 0 fully saturated rings. The Hall–Kier alpha value is -1.32. The van der Waals surface area contributed by atoms with Crippen LogP contribution in [0.15, 0.2) is 42.5 Å². The maximum absolute atomic E-state index is 6.15. The van der Waals surface area contributed by atoms with Crippen molar-refractivity contribution in [1.82, 2.24) is 0 Å². The first kappa shape index (κ1) is 22.0. The molecule has 0 aliphatic carbocycles. The van der Waals surface area contributed by atoms with Crippen LogP contribution in [0.1, 0.15) is 70.7 Å². The predicted molar refractivity (Wildman–Crippen MR) is 126 cm³/mol. The highest BCUT2D eigenvalue weighted by Gasteiger charge is 2.27. The summed E-state index contributed by atoms with van der Waals surface area (Å²) in [4.78, 5) is 1.69. The Bertz CT molecular complexity index is 822. The van der Waals surface area contributed by atoms with Crippen molar-refractivity contribution in [3.05, 3.63) is 64.7 Å². The van der Waals surface area contributed by atoms with Gasteiger partial charge in [0.1, 0.15) is 5.75 Å². The molecule has 0 aliphatic rings. The Labute approximate surface area is 176 Å². The van der Waals surface area contributed by atoms with Gasteiger partial charge in [-0.3, -0.25) is 0 Å². The Morgan fingerprint density at radius 2 is 1.44 bits per heavy atom. The van der Waals surface area contributed by atoms with Gasteiger partial charge in [0.05, 0.1) is 6.61 Å². The maximum Gasteiger partial charge on any atom is 0.131 e. The van der Waals surface area contributed by atoms with Crippen molar-refractivity contribution in [2.45, 2.75) is 59.3 Å². The molecule has 0 aromatic heterocycles. The number of hydrogen-bond acceptors (Lipinski definition) is 3. The van der Waals surface area contributed by atoms with Crippen LogP contribution in [0.2, 0.25) is 0 Å². The van der Waals surface area contributed by atoms with Crippen LogP contribution in [0.4, 0.5) is 0 Å². The van der Waals surface area contributed by atoms with Crippen LogP contribution in [0, 0.1) is 0 Å². The lowest BCUT2D eigenvalue weighted by atomic mass is 9.78. The van der Waals surface area contributed by atoms with Gasteiger partial charge in [0.25, 0.3) is 0 Å². The zero-order valence-corrected chi connectivity index (χ0v) is 19.3. The summed E-state index contributed by atoms with van der Waals surface area (Å²) < 4.78 is 6.15. The molecule has 0 N–H and O–H groups in total. The van der Waals surface area contributed by atoms with E-state index in [0.29, 0.717) is 6.61 Å². The summed E-state index contributed by atoms with van der Waals surface area (Å²) in [5.41, 5.74) is 4.51. The third kappa shape index (κ3) is 5.14. The molecule has 2 aromatic carbocycles. The highest BCUT2D eigenvalue weighted by molar-refractivity contribution is 7.96. The first-order chi connectivity index (χ1) is 12.5. The van der Waals surface area contributed by atoms with Gasteiger partial charge in [0.2, 0.25) is 0 Å². The van der Waals surface area contributed by atoms with Gasteiger partial charge in [0, 0.05) is 20.9 Å². The van der Waals surface area contributed by atoms with Gasteiger partial charge in [-0.1, -0.05) is 77.9 Å². The molecule has 3 heteroatoms. The molecule has 2 rings (SSSR count). The average molecular weight is 401 g/mol. The van der Waals surface area contributed by atoms with E-state index in [1.54, 1.807) is 0 Å². The Kier molecular flexibility index (Phi) is 6.81. The Balaban J connectivity index is 2.84. The van der Waals surface area contributed by atoms with E-state index in [2.05, 4.69) is 65.8 Å². The molecule has 2 aromatic rings. The zero-order chi connectivity index (χ0) is 20.4. The molecule has 146 valence electrons. The number of hydrogen-bond donors (Lipinski definition) is 2. The minimum Gasteiger partial charge on any atom is -0.493 e. The van der Waals surface area contributed by atoms with E-state index in [9.17, 15) is 0 Å². The topological polar surface area (TPSA) is 9.23 Å². The molecule has 0 saturated heterocycles. The number of benzene rings is 2. The fourth-order valence-electron chi connectivity index (χ4n) is 2.96. The van der Waals surface area contributed by atoms with E-state index in [-0.39, 0.29) is 10.8 Å². The van der Waals surface area contributed by atoms with Gasteiger partial charge in [-0.2, -0.15) is 0 Å². The minimum absolute atomic E-state index is 0.0249. The summed E-state index contributed by atoms with van der Waals surface area (Å²) in [5, 5.41) is 0. The highest BCUT2D eigenvalue weighted by atomic mass is 32.1. The van der Waals surface area contributed by atoms with Crippen LogP contribution >= 0.6 is 25.3 Å². The second kappa shape index (κ2) is 8.36. The second-order valence-corrected chi connectivity index (χ2v) is 9.79. The lowest BCUT2D eigenvalue weighted by molar-refractivity contribution is 0.328. The van der Waals surface area contributed by atoms with Crippen molar-refractivity contribution in [2.75, 3.05) is 6.61 Å². The molecular weight excluding hydrogens is 368 g/mol. The van der Waals surface area contributed by atoms with Crippen LogP contribution in [0.3, 0.4) is 0 Å². The molecule has 0 unspecified atom stereocenters. The van der Waals surface area contributed by atoms with E-state index in [1.807, 2.05) is 25.1 Å². The van der Waals surface area contributed by atoms with E-state index in [4.69, 9.17) is 30.0 Å².